The van der Waals surface area contributed by atoms with Gasteiger partial charge in [-0.05, 0) is 45.4 Å². The van der Waals surface area contributed by atoms with E-state index in [4.69, 9.17) is 0 Å². The molecule has 0 saturated heterocycles. The molecule has 1 aliphatic rings. The van der Waals surface area contributed by atoms with Gasteiger partial charge in [-0.2, -0.15) is 0 Å². The summed E-state index contributed by atoms with van der Waals surface area (Å²) in [6, 6.07) is 0.542. The Hall–Kier alpha value is -0.860. The fourth-order valence-corrected chi connectivity index (χ4v) is 2.66. The predicted molar refractivity (Wildman–Crippen MR) is 101 cm³/mol. The summed E-state index contributed by atoms with van der Waals surface area (Å²) in [4.78, 5) is 4.64. The van der Waals surface area contributed by atoms with Gasteiger partial charge in [0.1, 0.15) is 12.4 Å². The average Bonchev–Trinajstić information content (AvgIpc) is 2.79. The summed E-state index contributed by atoms with van der Waals surface area (Å²) in [7, 11) is 1.98. The number of halogens is 1. The zero-order valence-electron chi connectivity index (χ0n) is 14.1. The maximum absolute atomic E-state index is 4.64. The lowest BCUT2D eigenvalue weighted by Gasteiger charge is -2.28. The predicted octanol–water partition coefficient (Wildman–Crippen LogP) is 2.38. The summed E-state index contributed by atoms with van der Waals surface area (Å²) in [5, 5.41) is 15.1. The first-order valence-electron chi connectivity index (χ1n) is 7.99. The summed E-state index contributed by atoms with van der Waals surface area (Å²) in [5.41, 5.74) is 0. The van der Waals surface area contributed by atoms with Crippen LogP contribution in [0.1, 0.15) is 51.2 Å². The summed E-state index contributed by atoms with van der Waals surface area (Å²) in [6.07, 6.45) is 5.07. The van der Waals surface area contributed by atoms with Gasteiger partial charge in [-0.3, -0.25) is 0 Å². The maximum Gasteiger partial charge on any atom is 0.191 e. The Morgan fingerprint density at radius 1 is 1.27 bits per heavy atom. The number of aliphatic imine (C=N–C) groups is 1. The molecule has 0 unspecified atom stereocenters. The first-order valence-corrected chi connectivity index (χ1v) is 7.99. The molecule has 0 spiro atoms. The molecule has 0 radical (unpaired) electrons. The number of rotatable bonds is 4. The Morgan fingerprint density at radius 2 is 1.95 bits per heavy atom. The topological polar surface area (TPSA) is 67.1 Å². The molecule has 0 bridgehead atoms. The Kier molecular flexibility index (Phi) is 8.13. The molecule has 6 nitrogen and oxygen atoms in total. The third-order valence-electron chi connectivity index (χ3n) is 4.26. The van der Waals surface area contributed by atoms with E-state index < -0.39 is 0 Å². The van der Waals surface area contributed by atoms with Crippen LogP contribution in [0.4, 0.5) is 0 Å². The fourth-order valence-electron chi connectivity index (χ4n) is 2.66. The first-order chi connectivity index (χ1) is 10.1. The van der Waals surface area contributed by atoms with Gasteiger partial charge in [0.25, 0.3) is 0 Å². The smallest absolute Gasteiger partial charge is 0.191 e. The lowest BCUT2D eigenvalue weighted by Crippen LogP contribution is -2.44. The van der Waals surface area contributed by atoms with Gasteiger partial charge >= 0.3 is 0 Å². The molecular formula is C15H29IN6. The molecule has 2 rings (SSSR count). The van der Waals surface area contributed by atoms with Crippen LogP contribution >= 0.6 is 24.0 Å². The second-order valence-electron chi connectivity index (χ2n) is 6.02. The van der Waals surface area contributed by atoms with Crippen molar-refractivity contribution in [2.24, 2.45) is 18.0 Å². The molecule has 1 heterocycles. The zero-order valence-corrected chi connectivity index (χ0v) is 16.4. The van der Waals surface area contributed by atoms with Gasteiger partial charge in [-0.1, -0.05) is 6.92 Å². The van der Waals surface area contributed by atoms with E-state index in [0.717, 1.165) is 30.1 Å². The minimum Gasteiger partial charge on any atom is -0.357 e. The Morgan fingerprint density at radius 3 is 2.50 bits per heavy atom. The molecule has 1 fully saturated rings. The van der Waals surface area contributed by atoms with Gasteiger partial charge in [0.05, 0.1) is 0 Å². The largest absolute Gasteiger partial charge is 0.357 e. The molecule has 126 valence electrons. The molecule has 1 aromatic rings. The van der Waals surface area contributed by atoms with Crippen LogP contribution < -0.4 is 10.6 Å². The van der Waals surface area contributed by atoms with E-state index in [1.165, 1.54) is 25.7 Å². The first kappa shape index (κ1) is 19.2. The molecule has 7 heteroatoms. The Labute approximate surface area is 150 Å². The van der Waals surface area contributed by atoms with Crippen molar-refractivity contribution in [1.82, 2.24) is 25.4 Å². The Bertz CT molecular complexity index is 476. The summed E-state index contributed by atoms with van der Waals surface area (Å²) >= 11 is 0. The number of nitrogens with one attached hydrogen (secondary N) is 2. The lowest BCUT2D eigenvalue weighted by atomic mass is 9.87. The van der Waals surface area contributed by atoms with Gasteiger partial charge in [0, 0.05) is 19.6 Å². The second kappa shape index (κ2) is 9.32. The zero-order chi connectivity index (χ0) is 15.2. The van der Waals surface area contributed by atoms with Crippen molar-refractivity contribution in [2.45, 2.75) is 59.0 Å². The molecule has 1 aliphatic carbocycles. The third-order valence-corrected chi connectivity index (χ3v) is 4.26. The van der Waals surface area contributed by atoms with Crippen LogP contribution in [-0.4, -0.2) is 33.3 Å². The summed E-state index contributed by atoms with van der Waals surface area (Å²) in [6.45, 7) is 7.80. The van der Waals surface area contributed by atoms with Gasteiger partial charge in [-0.15, -0.1) is 34.2 Å². The fraction of sp³-hybridized carbons (Fsp3) is 0.800. The molecule has 0 aliphatic heterocycles. The molecule has 1 aromatic heterocycles. The molecule has 0 atom stereocenters. The van der Waals surface area contributed by atoms with Crippen LogP contribution in [0.3, 0.4) is 0 Å². The van der Waals surface area contributed by atoms with Crippen LogP contribution in [0.15, 0.2) is 4.99 Å². The van der Waals surface area contributed by atoms with Gasteiger partial charge in [0.15, 0.2) is 11.8 Å². The second-order valence-corrected chi connectivity index (χ2v) is 6.02. The highest BCUT2D eigenvalue weighted by Crippen LogP contribution is 2.23. The van der Waals surface area contributed by atoms with E-state index in [1.807, 2.05) is 18.5 Å². The Balaban J connectivity index is 0.00000242. The van der Waals surface area contributed by atoms with E-state index in [9.17, 15) is 0 Å². The standard InChI is InChI=1S/C15H28N6.HI/c1-5-16-15(18-13-8-6-11(2)7-9-13)17-10-14-20-19-12(3)21(14)4;/h11,13H,5-10H2,1-4H3,(H2,16,17,18);1H. The van der Waals surface area contributed by atoms with Crippen LogP contribution in [-0.2, 0) is 13.6 Å². The molecule has 2 N–H and O–H groups in total. The monoisotopic (exact) mass is 420 g/mol. The van der Waals surface area contributed by atoms with Gasteiger partial charge in [-0.25, -0.2) is 4.99 Å². The van der Waals surface area contributed by atoms with Crippen molar-refractivity contribution in [3.05, 3.63) is 11.6 Å². The third kappa shape index (κ3) is 5.40. The summed E-state index contributed by atoms with van der Waals surface area (Å²) < 4.78 is 1.98. The SMILES string of the molecule is CCNC(=NCc1nnc(C)n1C)NC1CCC(C)CC1.I. The minimum atomic E-state index is 0. The van der Waals surface area contributed by atoms with Crippen molar-refractivity contribution >= 4 is 29.9 Å². The van der Waals surface area contributed by atoms with Crippen molar-refractivity contribution < 1.29 is 0 Å². The number of hydrogen-bond donors (Lipinski definition) is 2. The number of aromatic nitrogens is 3. The van der Waals surface area contributed by atoms with Crippen LogP contribution in [0.2, 0.25) is 0 Å². The highest BCUT2D eigenvalue weighted by Gasteiger charge is 2.18. The minimum absolute atomic E-state index is 0. The van der Waals surface area contributed by atoms with Crippen molar-refractivity contribution in [2.75, 3.05) is 6.54 Å². The van der Waals surface area contributed by atoms with Crippen LogP contribution in [0, 0.1) is 12.8 Å². The van der Waals surface area contributed by atoms with E-state index in [-0.39, 0.29) is 24.0 Å². The molecule has 22 heavy (non-hydrogen) atoms. The van der Waals surface area contributed by atoms with Crippen LogP contribution in [0.25, 0.3) is 0 Å². The van der Waals surface area contributed by atoms with E-state index >= 15 is 0 Å². The highest BCUT2D eigenvalue weighted by molar-refractivity contribution is 14.0. The highest BCUT2D eigenvalue weighted by atomic mass is 127. The number of aryl methyl sites for hydroxylation is 1. The lowest BCUT2D eigenvalue weighted by molar-refractivity contribution is 0.329. The summed E-state index contributed by atoms with van der Waals surface area (Å²) in [5.74, 6) is 3.56. The molecule has 1 saturated carbocycles. The van der Waals surface area contributed by atoms with Crippen molar-refractivity contribution in [3.8, 4) is 0 Å². The molecule has 0 amide bonds. The van der Waals surface area contributed by atoms with E-state index in [0.29, 0.717) is 12.6 Å². The van der Waals surface area contributed by atoms with Crippen LogP contribution in [0.5, 0.6) is 0 Å². The normalized spacial score (nSPS) is 22.1. The van der Waals surface area contributed by atoms with E-state index in [2.05, 4.69) is 39.7 Å². The number of nitrogens with zero attached hydrogens (tertiary/aromatic N) is 4. The van der Waals surface area contributed by atoms with Gasteiger partial charge < -0.3 is 15.2 Å². The maximum atomic E-state index is 4.64. The molecular weight excluding hydrogens is 391 g/mol. The van der Waals surface area contributed by atoms with E-state index in [1.54, 1.807) is 0 Å². The number of hydrogen-bond acceptors (Lipinski definition) is 3. The number of guanidine groups is 1. The quantitative estimate of drug-likeness (QED) is 0.446. The van der Waals surface area contributed by atoms with Crippen molar-refractivity contribution in [1.29, 1.82) is 0 Å². The molecule has 0 aromatic carbocycles. The van der Waals surface area contributed by atoms with Crippen molar-refractivity contribution in [3.63, 3.8) is 0 Å². The average molecular weight is 420 g/mol. The van der Waals surface area contributed by atoms with Gasteiger partial charge in [0.2, 0.25) is 0 Å².